The molecule has 0 radical (unpaired) electrons. The van der Waals surface area contributed by atoms with E-state index in [0.29, 0.717) is 22.8 Å². The van der Waals surface area contributed by atoms with Gasteiger partial charge in [0.2, 0.25) is 0 Å². The van der Waals surface area contributed by atoms with Crippen LogP contribution in [0.25, 0.3) is 0 Å². The van der Waals surface area contributed by atoms with Crippen LogP contribution < -0.4 is 14.4 Å². The fourth-order valence-electron chi connectivity index (χ4n) is 3.78. The quantitative estimate of drug-likeness (QED) is 0.274. The molecule has 11 heteroatoms. The minimum absolute atomic E-state index is 0.0368. The van der Waals surface area contributed by atoms with Gasteiger partial charge in [-0.1, -0.05) is 40.7 Å². The lowest BCUT2D eigenvalue weighted by atomic mass is 9.90. The van der Waals surface area contributed by atoms with Crippen LogP contribution in [0, 0.1) is 18.2 Å². The number of hydrogen-bond donors (Lipinski definition) is 0. The number of hydrogen-bond acceptors (Lipinski definition) is 6. The summed E-state index contributed by atoms with van der Waals surface area (Å²) in [5.41, 5.74) is -0.304. The van der Waals surface area contributed by atoms with Crippen molar-refractivity contribution in [3.8, 4) is 23.8 Å². The number of amides is 2. The lowest BCUT2D eigenvalue weighted by Crippen LogP contribution is -2.42. The number of nitrogens with zero attached hydrogens (tertiary/aromatic N) is 1. The zero-order valence-corrected chi connectivity index (χ0v) is 22.8. The van der Waals surface area contributed by atoms with E-state index >= 15 is 4.39 Å². The third kappa shape index (κ3) is 6.79. The number of imide groups is 1. The molecule has 0 aliphatic heterocycles. The van der Waals surface area contributed by atoms with Gasteiger partial charge in [0.15, 0.2) is 12.7 Å². The van der Waals surface area contributed by atoms with E-state index in [0.717, 1.165) is 12.1 Å². The van der Waals surface area contributed by atoms with Gasteiger partial charge in [0, 0.05) is 22.2 Å². The minimum atomic E-state index is -0.988. The van der Waals surface area contributed by atoms with Crippen LogP contribution in [-0.4, -0.2) is 37.6 Å². The number of methoxy groups -OCH3 is 1. The minimum Gasteiger partial charge on any atom is -0.482 e. The molecule has 0 bridgehead atoms. The fraction of sp³-hybridized carbons (Fsp3) is 0.296. The van der Waals surface area contributed by atoms with Crippen molar-refractivity contribution >= 4 is 58.3 Å². The molecule has 1 unspecified atom stereocenters. The van der Waals surface area contributed by atoms with E-state index in [1.807, 2.05) is 0 Å². The summed E-state index contributed by atoms with van der Waals surface area (Å²) in [6, 6.07) is 6.35. The highest BCUT2D eigenvalue weighted by molar-refractivity contribution is 6.35. The molecule has 3 rings (SSSR count). The van der Waals surface area contributed by atoms with Gasteiger partial charge in [0.1, 0.15) is 17.3 Å². The van der Waals surface area contributed by atoms with E-state index < -0.39 is 42.0 Å². The third-order valence-electron chi connectivity index (χ3n) is 5.64. The van der Waals surface area contributed by atoms with Crippen molar-refractivity contribution in [2.45, 2.75) is 38.7 Å². The molecule has 0 heterocycles. The summed E-state index contributed by atoms with van der Waals surface area (Å²) in [4.78, 5) is 40.2. The molecule has 0 fully saturated rings. The van der Waals surface area contributed by atoms with Gasteiger partial charge in [0.25, 0.3) is 11.8 Å². The molecule has 7 nitrogen and oxygen atoms in total. The van der Waals surface area contributed by atoms with Crippen LogP contribution in [0.5, 0.6) is 11.5 Å². The number of carbonyl (C=O) groups excluding carboxylic acids is 3. The monoisotopic (exact) mass is 581 g/mol. The summed E-state index contributed by atoms with van der Waals surface area (Å²) < 4.78 is 31.2. The van der Waals surface area contributed by atoms with E-state index in [4.69, 9.17) is 55.4 Å². The Morgan fingerprint density at radius 3 is 2.34 bits per heavy atom. The molecule has 2 amide bonds. The highest BCUT2D eigenvalue weighted by atomic mass is 35.5. The molecule has 0 saturated heterocycles. The topological polar surface area (TPSA) is 82.1 Å². The molecule has 2 aromatic rings. The first-order valence-corrected chi connectivity index (χ1v) is 12.6. The van der Waals surface area contributed by atoms with Crippen LogP contribution >= 0.6 is 34.8 Å². The Labute approximate surface area is 234 Å². The van der Waals surface area contributed by atoms with Gasteiger partial charge in [-0.15, -0.1) is 6.42 Å². The van der Waals surface area contributed by atoms with Crippen LogP contribution in [-0.2, 0) is 19.1 Å². The third-order valence-corrected chi connectivity index (χ3v) is 6.46. The second-order valence-corrected chi connectivity index (χ2v) is 9.47. The molecule has 0 aromatic heterocycles. The summed E-state index contributed by atoms with van der Waals surface area (Å²) in [5.74, 6) is -1.12. The second-order valence-electron chi connectivity index (χ2n) is 8.21. The van der Waals surface area contributed by atoms with E-state index in [-0.39, 0.29) is 45.5 Å². The molecule has 1 aliphatic rings. The molecular formula is C27H23Cl3FNO6. The van der Waals surface area contributed by atoms with Crippen LogP contribution in [0.1, 0.15) is 32.6 Å². The number of ether oxygens (including phenoxy) is 3. The number of terminal acetylenes is 1. The molecule has 0 saturated carbocycles. The van der Waals surface area contributed by atoms with Gasteiger partial charge in [-0.05, 0) is 56.9 Å². The van der Waals surface area contributed by atoms with Crippen LogP contribution in [0.15, 0.2) is 41.5 Å². The summed E-state index contributed by atoms with van der Waals surface area (Å²) in [6.07, 6.45) is 6.30. The zero-order chi connectivity index (χ0) is 28.0. The number of halogens is 4. The van der Waals surface area contributed by atoms with E-state index in [2.05, 4.69) is 5.92 Å². The second kappa shape index (κ2) is 13.0. The van der Waals surface area contributed by atoms with Crippen molar-refractivity contribution in [1.29, 1.82) is 0 Å². The number of carbonyl (C=O) groups is 3. The normalized spacial score (nSPS) is 13.8. The average molecular weight is 583 g/mol. The van der Waals surface area contributed by atoms with Crippen molar-refractivity contribution in [3.63, 3.8) is 0 Å². The lowest BCUT2D eigenvalue weighted by molar-refractivity contribution is -0.137. The maximum Gasteiger partial charge on any atom is 0.334 e. The molecule has 200 valence electrons. The molecule has 1 atom stereocenters. The van der Waals surface area contributed by atoms with E-state index in [9.17, 15) is 14.4 Å². The SMILES string of the molecule is C#CC(C)Oc1cc(N(C(=O)COc2ccc(Cl)cc2Cl)C(=O)C2=C(C(=O)OC)CCCC2)c(F)cc1Cl. The van der Waals surface area contributed by atoms with Crippen molar-refractivity contribution in [2.75, 3.05) is 18.6 Å². The standard InChI is InChI=1S/C27H23Cl3FNO6/c1-4-15(2)38-24-13-22(21(31)12-20(24)30)32(25(33)14-37-23-10-9-16(28)11-19(23)29)26(34)17-7-5-6-8-18(17)27(35)36-3/h1,9-13,15H,5-8,14H2,2-3H3. The summed E-state index contributed by atoms with van der Waals surface area (Å²) in [5, 5.41) is 0.356. The molecule has 2 aromatic carbocycles. The highest BCUT2D eigenvalue weighted by Crippen LogP contribution is 2.36. The van der Waals surface area contributed by atoms with Gasteiger partial charge in [-0.3, -0.25) is 9.59 Å². The van der Waals surface area contributed by atoms with Crippen LogP contribution in [0.2, 0.25) is 15.1 Å². The van der Waals surface area contributed by atoms with E-state index in [1.54, 1.807) is 6.92 Å². The molecule has 1 aliphatic carbocycles. The Hall–Kier alpha value is -3.25. The van der Waals surface area contributed by atoms with Gasteiger partial charge in [0.05, 0.1) is 22.8 Å². The summed E-state index contributed by atoms with van der Waals surface area (Å²) >= 11 is 18.2. The van der Waals surface area contributed by atoms with Crippen molar-refractivity contribution in [1.82, 2.24) is 0 Å². The zero-order valence-electron chi connectivity index (χ0n) is 20.5. The van der Waals surface area contributed by atoms with E-state index in [1.165, 1.54) is 25.3 Å². The maximum atomic E-state index is 15.3. The number of esters is 1. The Bertz CT molecular complexity index is 1340. The van der Waals surface area contributed by atoms with Gasteiger partial charge in [-0.25, -0.2) is 14.1 Å². The lowest BCUT2D eigenvalue weighted by Gasteiger charge is -2.26. The number of rotatable bonds is 8. The average Bonchev–Trinajstić information content (AvgIpc) is 2.90. The first kappa shape index (κ1) is 29.3. The number of anilines is 1. The van der Waals surface area contributed by atoms with Crippen LogP contribution in [0.4, 0.5) is 10.1 Å². The molecule has 38 heavy (non-hydrogen) atoms. The predicted octanol–water partition coefficient (Wildman–Crippen LogP) is 6.17. The Morgan fingerprint density at radius 2 is 1.71 bits per heavy atom. The summed E-state index contributed by atoms with van der Waals surface area (Å²) in [6.45, 7) is 0.861. The van der Waals surface area contributed by atoms with Gasteiger partial charge >= 0.3 is 5.97 Å². The Balaban J connectivity index is 2.08. The fourth-order valence-corrected chi connectivity index (χ4v) is 4.44. The van der Waals surface area contributed by atoms with Crippen molar-refractivity contribution in [2.24, 2.45) is 0 Å². The molecular weight excluding hydrogens is 560 g/mol. The largest absolute Gasteiger partial charge is 0.482 e. The van der Waals surface area contributed by atoms with Crippen molar-refractivity contribution in [3.05, 3.63) is 62.4 Å². The summed E-state index contributed by atoms with van der Waals surface area (Å²) in [7, 11) is 1.19. The highest BCUT2D eigenvalue weighted by Gasteiger charge is 2.34. The maximum absolute atomic E-state index is 15.3. The molecule has 0 N–H and O–H groups in total. The number of benzene rings is 2. The van der Waals surface area contributed by atoms with Crippen LogP contribution in [0.3, 0.4) is 0 Å². The van der Waals surface area contributed by atoms with Gasteiger partial charge in [-0.2, -0.15) is 0 Å². The molecule has 0 spiro atoms. The van der Waals surface area contributed by atoms with Crippen molar-refractivity contribution < 1.29 is 33.0 Å². The smallest absolute Gasteiger partial charge is 0.334 e. The first-order valence-electron chi connectivity index (χ1n) is 11.4. The Morgan fingerprint density at radius 1 is 1.05 bits per heavy atom. The van der Waals surface area contributed by atoms with Gasteiger partial charge < -0.3 is 14.2 Å². The first-order chi connectivity index (χ1) is 18.1. The predicted molar refractivity (Wildman–Crippen MR) is 142 cm³/mol. The Kier molecular flexibility index (Phi) is 10.0.